The van der Waals surface area contributed by atoms with Crippen molar-refractivity contribution in [2.45, 2.75) is 386 Å². The van der Waals surface area contributed by atoms with Gasteiger partial charge in [0, 0.05) is 19.3 Å². The van der Waals surface area contributed by atoms with Crippen LogP contribution in [0.3, 0.4) is 0 Å². The van der Waals surface area contributed by atoms with E-state index in [0.29, 0.717) is 19.3 Å². The number of hydrogen-bond donors (Lipinski definition) is 4. The molecular weight excluding hydrogens is 1410 g/mol. The quantitative estimate of drug-likeness (QED) is 0.0146. The second-order valence-corrected chi connectivity index (χ2v) is 31.9. The topological polar surface area (TPSA) is 231 Å². The fourth-order valence-electron chi connectivity index (χ4n) is 11.7. The SMILES string of the molecule is CC/C=C\C/C=C\C/C=C\C/C=C\C/C=C\C/C=C\CCCCCCCCCCCCC(=O)OCC(COP(=O)(O)OCC(O)COP(=O)(O)OCC(O)COC(=O)CCCCCCCCCCCCCCCCC/C=C\C/C=C\C/C=C\C/C=C\CCCCC)OC(=O)CCCCCCC/C=C\CCCCCC. The van der Waals surface area contributed by atoms with Gasteiger partial charge in [-0.25, -0.2) is 9.13 Å². The number of esters is 3. The molecule has 0 aliphatic carbocycles. The minimum atomic E-state index is -4.94. The summed E-state index contributed by atoms with van der Waals surface area (Å²) >= 11 is 0. The summed E-state index contributed by atoms with van der Waals surface area (Å²) in [6.45, 7) is 2.54. The Morgan fingerprint density at radius 3 is 0.798 bits per heavy atom. The lowest BCUT2D eigenvalue weighted by atomic mass is 10.0. The molecular formula is C91H158O16P2. The molecule has 0 rings (SSSR count). The van der Waals surface area contributed by atoms with Gasteiger partial charge in [-0.1, -0.05) is 341 Å². The maximum Gasteiger partial charge on any atom is 0.472 e. The molecule has 5 atom stereocenters. The minimum absolute atomic E-state index is 0.0922. The zero-order chi connectivity index (χ0) is 79.4. The summed E-state index contributed by atoms with van der Waals surface area (Å²) in [6.07, 6.45) is 102. The van der Waals surface area contributed by atoms with Crippen molar-refractivity contribution in [1.29, 1.82) is 0 Å². The van der Waals surface area contributed by atoms with Crippen LogP contribution < -0.4 is 0 Å². The Bertz CT molecular complexity index is 2510. The van der Waals surface area contributed by atoms with E-state index in [2.05, 4.69) is 154 Å². The van der Waals surface area contributed by atoms with Gasteiger partial charge in [-0.3, -0.25) is 32.5 Å². The van der Waals surface area contributed by atoms with Gasteiger partial charge < -0.3 is 34.2 Å². The number of unbranched alkanes of at least 4 members (excludes halogenated alkanes) is 37. The molecule has 628 valence electrons. The number of allylic oxidation sites excluding steroid dienone is 22. The molecule has 0 saturated heterocycles. The van der Waals surface area contributed by atoms with Gasteiger partial charge in [-0.2, -0.15) is 0 Å². The molecule has 0 heterocycles. The van der Waals surface area contributed by atoms with E-state index in [0.717, 1.165) is 148 Å². The molecule has 0 bridgehead atoms. The Hall–Kier alpha value is -4.31. The Morgan fingerprint density at radius 2 is 0.486 bits per heavy atom. The zero-order valence-corrected chi connectivity index (χ0v) is 70.7. The van der Waals surface area contributed by atoms with Crippen LogP contribution in [0.4, 0.5) is 0 Å². The number of phosphoric ester groups is 2. The second-order valence-electron chi connectivity index (χ2n) is 29.0. The lowest BCUT2D eigenvalue weighted by Crippen LogP contribution is -2.30. The highest BCUT2D eigenvalue weighted by molar-refractivity contribution is 7.47. The Kier molecular flexibility index (Phi) is 79.8. The van der Waals surface area contributed by atoms with Crippen LogP contribution in [-0.4, -0.2) is 95.9 Å². The second kappa shape index (κ2) is 83.1. The summed E-state index contributed by atoms with van der Waals surface area (Å²) in [5, 5.41) is 20.7. The molecule has 0 saturated carbocycles. The van der Waals surface area contributed by atoms with Gasteiger partial charge in [0.25, 0.3) is 0 Å². The van der Waals surface area contributed by atoms with E-state index in [-0.39, 0.29) is 19.3 Å². The standard InChI is InChI=1S/C91H158O16P2/c1-4-7-10-13-16-19-22-25-27-29-31-33-35-37-39-41-42-44-46-47-49-51-53-55-57-60-62-65-68-71-74-77-89(94)101-80-86(92)81-103-108(97,98)104-82-87(93)83-105-109(99,100)106-85-88(107-91(96)79-76-73-70-67-64-59-24-21-18-15-12-9-6-3)84-102-90(95)78-75-72-69-66-63-61-58-56-54-52-50-48-45-43-40-38-36-34-32-30-28-26-23-20-17-14-11-8-5-2/h8,11,16-17,19-21,24-28,31-34,37-40,45,48,86-88,92-93H,4-7,9-10,12-15,18,22-23,29-30,35-36,41-44,46-47,49-85H2,1-3H3,(H,97,98)(H,99,100)/b11-8-,19-16-,20-17-,24-21-,27-25-,28-26-,33-31-,34-32-,39-37-,40-38-,48-45-. The molecule has 109 heavy (non-hydrogen) atoms. The van der Waals surface area contributed by atoms with Gasteiger partial charge in [-0.15, -0.1) is 0 Å². The minimum Gasteiger partial charge on any atom is -0.463 e. The number of carbonyl (C=O) groups is 3. The average Bonchev–Trinajstić information content (AvgIpc) is 0.901. The highest BCUT2D eigenvalue weighted by Crippen LogP contribution is 2.45. The monoisotopic (exact) mass is 1570 g/mol. The smallest absolute Gasteiger partial charge is 0.463 e. The normalized spacial score (nSPS) is 14.5. The maximum absolute atomic E-state index is 13.0. The van der Waals surface area contributed by atoms with Crippen LogP contribution in [0.25, 0.3) is 0 Å². The molecule has 0 aliphatic heterocycles. The summed E-state index contributed by atoms with van der Waals surface area (Å²) in [5.74, 6) is -1.58. The van der Waals surface area contributed by atoms with Gasteiger partial charge in [0.15, 0.2) is 6.10 Å². The van der Waals surface area contributed by atoms with E-state index in [4.69, 9.17) is 32.3 Å². The Labute approximate surface area is 665 Å². The fraction of sp³-hybridized carbons (Fsp3) is 0.725. The van der Waals surface area contributed by atoms with E-state index in [1.807, 2.05) is 0 Å². The van der Waals surface area contributed by atoms with Crippen molar-refractivity contribution in [3.05, 3.63) is 134 Å². The lowest BCUT2D eigenvalue weighted by Gasteiger charge is -2.21. The van der Waals surface area contributed by atoms with Crippen molar-refractivity contribution < 1.29 is 75.8 Å². The van der Waals surface area contributed by atoms with Crippen molar-refractivity contribution in [3.8, 4) is 0 Å². The van der Waals surface area contributed by atoms with E-state index in [1.165, 1.54) is 161 Å². The van der Waals surface area contributed by atoms with Crippen molar-refractivity contribution >= 4 is 33.6 Å². The fourth-order valence-corrected chi connectivity index (χ4v) is 13.3. The zero-order valence-electron chi connectivity index (χ0n) is 68.9. The first kappa shape index (κ1) is 105. The summed E-state index contributed by atoms with van der Waals surface area (Å²) in [7, 11) is -9.80. The first-order valence-electron chi connectivity index (χ1n) is 43.5. The molecule has 0 spiro atoms. The highest BCUT2D eigenvalue weighted by Gasteiger charge is 2.29. The molecule has 16 nitrogen and oxygen atoms in total. The summed E-state index contributed by atoms with van der Waals surface area (Å²) < 4.78 is 61.3. The first-order chi connectivity index (χ1) is 53.2. The molecule has 4 N–H and O–H groups in total. The average molecular weight is 1570 g/mol. The number of hydrogen-bond acceptors (Lipinski definition) is 14. The van der Waals surface area contributed by atoms with Crippen molar-refractivity contribution in [2.75, 3.05) is 39.6 Å². The molecule has 0 radical (unpaired) electrons. The van der Waals surface area contributed by atoms with E-state index < -0.39 is 91.5 Å². The van der Waals surface area contributed by atoms with Crippen molar-refractivity contribution in [2.24, 2.45) is 0 Å². The molecule has 0 aromatic heterocycles. The third kappa shape index (κ3) is 84.4. The molecule has 0 fully saturated rings. The molecule has 0 aromatic carbocycles. The van der Waals surface area contributed by atoms with Gasteiger partial charge in [0.05, 0.1) is 26.4 Å². The predicted molar refractivity (Wildman–Crippen MR) is 454 cm³/mol. The van der Waals surface area contributed by atoms with Gasteiger partial charge >= 0.3 is 33.6 Å². The lowest BCUT2D eigenvalue weighted by molar-refractivity contribution is -0.161. The number of rotatable bonds is 82. The van der Waals surface area contributed by atoms with Crippen molar-refractivity contribution in [3.63, 3.8) is 0 Å². The maximum atomic E-state index is 13.0. The van der Waals surface area contributed by atoms with Gasteiger partial charge in [0.2, 0.25) is 0 Å². The van der Waals surface area contributed by atoms with Crippen LogP contribution in [0.15, 0.2) is 134 Å². The van der Waals surface area contributed by atoms with Crippen LogP contribution in [0.2, 0.25) is 0 Å². The van der Waals surface area contributed by atoms with Gasteiger partial charge in [-0.05, 0) is 141 Å². The van der Waals surface area contributed by atoms with Crippen LogP contribution in [-0.2, 0) is 55.8 Å². The third-order valence-corrected chi connectivity index (χ3v) is 20.2. The molecule has 0 amide bonds. The summed E-state index contributed by atoms with van der Waals surface area (Å²) in [4.78, 5) is 58.8. The number of aliphatic hydroxyl groups is 2. The third-order valence-electron chi connectivity index (χ3n) is 18.3. The van der Waals surface area contributed by atoms with E-state index >= 15 is 0 Å². The predicted octanol–water partition coefficient (Wildman–Crippen LogP) is 26.2. The molecule has 0 aromatic rings. The number of aliphatic hydroxyl groups excluding tert-OH is 2. The van der Waals surface area contributed by atoms with Crippen LogP contribution in [0, 0.1) is 0 Å². The van der Waals surface area contributed by atoms with E-state index in [9.17, 15) is 43.5 Å². The Balaban J connectivity index is 4.45. The largest absolute Gasteiger partial charge is 0.472 e. The number of ether oxygens (including phenoxy) is 3. The number of carbonyl (C=O) groups excluding carboxylic acids is 3. The molecule has 5 unspecified atom stereocenters. The first-order valence-corrected chi connectivity index (χ1v) is 46.5. The summed E-state index contributed by atoms with van der Waals surface area (Å²) in [5.41, 5.74) is 0. The Morgan fingerprint density at radius 1 is 0.266 bits per heavy atom. The molecule has 18 heteroatoms. The van der Waals surface area contributed by atoms with Crippen LogP contribution in [0.5, 0.6) is 0 Å². The summed E-state index contributed by atoms with van der Waals surface area (Å²) in [6, 6.07) is 0. The van der Waals surface area contributed by atoms with E-state index in [1.54, 1.807) is 0 Å². The van der Waals surface area contributed by atoms with Crippen LogP contribution >= 0.6 is 15.6 Å². The molecule has 0 aliphatic rings. The van der Waals surface area contributed by atoms with Gasteiger partial charge in [0.1, 0.15) is 25.4 Å². The number of phosphoric acid groups is 2. The van der Waals surface area contributed by atoms with Crippen LogP contribution in [0.1, 0.15) is 367 Å². The van der Waals surface area contributed by atoms with Crippen molar-refractivity contribution in [1.82, 2.24) is 0 Å². The highest BCUT2D eigenvalue weighted by atomic mass is 31.2.